The standard InChI is InChI=1S/C21H26N4O/c26-20(21(12-13-21)16-5-2-1-3-6-16)24-14-4-7-17(24)10-11-19-23-22-15-25(19)18-8-9-18/h1-3,5-6,15,17-18H,4,7-14H2. The highest BCUT2D eigenvalue weighted by molar-refractivity contribution is 5.91. The zero-order valence-corrected chi connectivity index (χ0v) is 15.2. The van der Waals surface area contributed by atoms with Crippen molar-refractivity contribution in [1.29, 1.82) is 0 Å². The van der Waals surface area contributed by atoms with E-state index in [4.69, 9.17) is 0 Å². The summed E-state index contributed by atoms with van der Waals surface area (Å²) in [5, 5.41) is 8.43. The predicted molar refractivity (Wildman–Crippen MR) is 98.7 cm³/mol. The number of carbonyl (C=O) groups excluding carboxylic acids is 1. The molecule has 2 aromatic rings. The Hall–Kier alpha value is -2.17. The minimum absolute atomic E-state index is 0.238. The summed E-state index contributed by atoms with van der Waals surface area (Å²) in [5.74, 6) is 1.45. The second-order valence-electron chi connectivity index (χ2n) is 8.17. The molecule has 0 radical (unpaired) electrons. The van der Waals surface area contributed by atoms with Gasteiger partial charge in [0.2, 0.25) is 5.91 Å². The van der Waals surface area contributed by atoms with Gasteiger partial charge in [0.15, 0.2) is 0 Å². The van der Waals surface area contributed by atoms with Crippen molar-refractivity contribution >= 4 is 5.91 Å². The summed E-state index contributed by atoms with van der Waals surface area (Å²) >= 11 is 0. The number of amides is 1. The van der Waals surface area contributed by atoms with Crippen LogP contribution in [0.3, 0.4) is 0 Å². The molecule has 3 fully saturated rings. The molecule has 5 heteroatoms. The number of nitrogens with zero attached hydrogens (tertiary/aromatic N) is 4. The van der Waals surface area contributed by atoms with Crippen molar-refractivity contribution in [3.63, 3.8) is 0 Å². The molecule has 3 aliphatic rings. The first-order valence-electron chi connectivity index (χ1n) is 10.0. The van der Waals surface area contributed by atoms with Crippen molar-refractivity contribution in [2.45, 2.75) is 68.9 Å². The van der Waals surface area contributed by atoms with E-state index in [9.17, 15) is 4.79 Å². The molecule has 26 heavy (non-hydrogen) atoms. The fraction of sp³-hybridized carbons (Fsp3) is 0.571. The van der Waals surface area contributed by atoms with Crippen LogP contribution in [0.5, 0.6) is 0 Å². The average molecular weight is 350 g/mol. The van der Waals surface area contributed by atoms with Crippen LogP contribution in [0.2, 0.25) is 0 Å². The SMILES string of the molecule is O=C(N1CCCC1CCc1nncn1C1CC1)C1(c2ccccc2)CC1. The van der Waals surface area contributed by atoms with E-state index >= 15 is 0 Å². The third-order valence-electron chi connectivity index (χ3n) is 6.41. The highest BCUT2D eigenvalue weighted by Gasteiger charge is 2.54. The van der Waals surface area contributed by atoms with Crippen molar-refractivity contribution in [3.05, 3.63) is 48.0 Å². The molecule has 136 valence electrons. The fourth-order valence-corrected chi connectivity index (χ4v) is 4.59. The van der Waals surface area contributed by atoms with Crippen LogP contribution < -0.4 is 0 Å². The van der Waals surface area contributed by atoms with Gasteiger partial charge in [0.05, 0.1) is 5.41 Å². The summed E-state index contributed by atoms with van der Waals surface area (Å²) < 4.78 is 2.24. The van der Waals surface area contributed by atoms with Crippen molar-refractivity contribution in [2.75, 3.05) is 6.54 Å². The maximum Gasteiger partial charge on any atom is 0.233 e. The molecule has 5 rings (SSSR count). The number of hydrogen-bond donors (Lipinski definition) is 0. The molecular formula is C21H26N4O. The van der Waals surface area contributed by atoms with Gasteiger partial charge in [0.1, 0.15) is 12.2 Å². The molecule has 1 amide bonds. The lowest BCUT2D eigenvalue weighted by Crippen LogP contribution is -2.42. The summed E-state index contributed by atoms with van der Waals surface area (Å²) in [5.41, 5.74) is 0.960. The average Bonchev–Trinajstić information content (AvgIpc) is 3.59. The van der Waals surface area contributed by atoms with Gasteiger partial charge in [-0.1, -0.05) is 30.3 Å². The van der Waals surface area contributed by atoms with Crippen LogP contribution in [-0.2, 0) is 16.6 Å². The number of hydrogen-bond acceptors (Lipinski definition) is 3. The number of aromatic nitrogens is 3. The molecule has 0 N–H and O–H groups in total. The van der Waals surface area contributed by atoms with E-state index in [-0.39, 0.29) is 5.41 Å². The summed E-state index contributed by atoms with van der Waals surface area (Å²) in [6.45, 7) is 0.910. The second-order valence-corrected chi connectivity index (χ2v) is 8.17. The van der Waals surface area contributed by atoms with E-state index in [0.717, 1.165) is 50.9 Å². The van der Waals surface area contributed by atoms with Gasteiger partial charge in [-0.15, -0.1) is 10.2 Å². The normalized spacial score (nSPS) is 24.0. The van der Waals surface area contributed by atoms with Crippen LogP contribution in [0.1, 0.15) is 62.4 Å². The number of likely N-dealkylation sites (tertiary alicyclic amines) is 1. The van der Waals surface area contributed by atoms with Gasteiger partial charge in [-0.05, 0) is 50.5 Å². The Bertz CT molecular complexity index is 791. The largest absolute Gasteiger partial charge is 0.339 e. The van der Waals surface area contributed by atoms with Gasteiger partial charge in [-0.2, -0.15) is 0 Å². The monoisotopic (exact) mass is 350 g/mol. The van der Waals surface area contributed by atoms with E-state index < -0.39 is 0 Å². The number of carbonyl (C=O) groups is 1. The van der Waals surface area contributed by atoms with Crippen LogP contribution in [0.25, 0.3) is 0 Å². The van der Waals surface area contributed by atoms with Crippen molar-refractivity contribution in [3.8, 4) is 0 Å². The maximum atomic E-state index is 13.4. The van der Waals surface area contributed by atoms with Crippen molar-refractivity contribution in [2.24, 2.45) is 0 Å². The minimum Gasteiger partial charge on any atom is -0.339 e. The molecule has 2 saturated carbocycles. The third-order valence-corrected chi connectivity index (χ3v) is 6.41. The Morgan fingerprint density at radius 3 is 2.69 bits per heavy atom. The van der Waals surface area contributed by atoms with E-state index in [2.05, 4.69) is 43.9 Å². The lowest BCUT2D eigenvalue weighted by Gasteiger charge is -2.29. The zero-order chi connectivity index (χ0) is 17.6. The fourth-order valence-electron chi connectivity index (χ4n) is 4.59. The first-order chi connectivity index (χ1) is 12.8. The lowest BCUT2D eigenvalue weighted by atomic mass is 9.93. The van der Waals surface area contributed by atoms with Gasteiger partial charge in [-0.3, -0.25) is 4.79 Å². The molecule has 1 aromatic heterocycles. The Morgan fingerprint density at radius 1 is 1.15 bits per heavy atom. The molecule has 1 unspecified atom stereocenters. The molecule has 1 aromatic carbocycles. The molecule has 2 aliphatic carbocycles. The van der Waals surface area contributed by atoms with Gasteiger partial charge >= 0.3 is 0 Å². The van der Waals surface area contributed by atoms with Crippen LogP contribution in [0.15, 0.2) is 36.7 Å². The Morgan fingerprint density at radius 2 is 1.96 bits per heavy atom. The Labute approximate surface area is 154 Å². The Balaban J connectivity index is 1.28. The quantitative estimate of drug-likeness (QED) is 0.803. The maximum absolute atomic E-state index is 13.4. The van der Waals surface area contributed by atoms with E-state index in [0.29, 0.717) is 18.0 Å². The highest BCUT2D eigenvalue weighted by Crippen LogP contribution is 2.50. The van der Waals surface area contributed by atoms with Gasteiger partial charge < -0.3 is 9.47 Å². The number of rotatable bonds is 6. The number of aryl methyl sites for hydroxylation is 1. The van der Waals surface area contributed by atoms with Crippen LogP contribution in [0, 0.1) is 0 Å². The van der Waals surface area contributed by atoms with E-state index in [1.54, 1.807) is 0 Å². The van der Waals surface area contributed by atoms with Gasteiger partial charge in [0.25, 0.3) is 0 Å². The first-order valence-corrected chi connectivity index (χ1v) is 10.0. The molecule has 1 atom stereocenters. The minimum atomic E-state index is -0.238. The molecule has 1 saturated heterocycles. The third kappa shape index (κ3) is 2.74. The molecule has 0 spiro atoms. The Kier molecular flexibility index (Phi) is 3.84. The van der Waals surface area contributed by atoms with Crippen molar-refractivity contribution in [1.82, 2.24) is 19.7 Å². The van der Waals surface area contributed by atoms with Gasteiger partial charge in [0, 0.05) is 25.0 Å². The van der Waals surface area contributed by atoms with Crippen LogP contribution in [0.4, 0.5) is 0 Å². The zero-order valence-electron chi connectivity index (χ0n) is 15.2. The van der Waals surface area contributed by atoms with E-state index in [1.807, 2.05) is 12.4 Å². The predicted octanol–water partition coefficient (Wildman–Crippen LogP) is 3.27. The van der Waals surface area contributed by atoms with E-state index in [1.165, 1.54) is 18.4 Å². The number of benzene rings is 1. The molecule has 5 nitrogen and oxygen atoms in total. The highest BCUT2D eigenvalue weighted by atomic mass is 16.2. The molecule has 1 aliphatic heterocycles. The van der Waals surface area contributed by atoms with Crippen LogP contribution in [-0.4, -0.2) is 38.2 Å². The summed E-state index contributed by atoms with van der Waals surface area (Å²) in [7, 11) is 0. The molecule has 2 heterocycles. The second kappa shape index (κ2) is 6.22. The summed E-state index contributed by atoms with van der Waals surface area (Å²) in [6, 6.07) is 11.3. The topological polar surface area (TPSA) is 51.0 Å². The molecule has 0 bridgehead atoms. The smallest absolute Gasteiger partial charge is 0.233 e. The van der Waals surface area contributed by atoms with Crippen molar-refractivity contribution < 1.29 is 4.79 Å². The van der Waals surface area contributed by atoms with Crippen LogP contribution >= 0.6 is 0 Å². The molecular weight excluding hydrogens is 324 g/mol. The summed E-state index contributed by atoms with van der Waals surface area (Å²) in [6.07, 6.45) is 10.5. The first kappa shape index (κ1) is 16.0. The van der Waals surface area contributed by atoms with Gasteiger partial charge in [-0.25, -0.2) is 0 Å². The summed E-state index contributed by atoms with van der Waals surface area (Å²) in [4.78, 5) is 15.6. The lowest BCUT2D eigenvalue weighted by molar-refractivity contribution is -0.134.